The van der Waals surface area contributed by atoms with E-state index in [4.69, 9.17) is 18.9 Å². The number of Topliss-reactive ketones (excluding diaryl/α,β-unsaturated/α-hetero) is 1. The molecule has 1 aromatic heterocycles. The largest absolute Gasteiger partial charge is 0.493 e. The predicted octanol–water partition coefficient (Wildman–Crippen LogP) is 16.9. The number of esters is 2. The van der Waals surface area contributed by atoms with Gasteiger partial charge in [-0.3, -0.25) is 19.2 Å². The molecular weight excluding hydrogens is 911 g/mol. The molecule has 0 bridgehead atoms. The summed E-state index contributed by atoms with van der Waals surface area (Å²) in [5, 5.41) is 11.3. The Labute approximate surface area is 436 Å². The lowest BCUT2D eigenvalue weighted by molar-refractivity contribution is -0.145. The van der Waals surface area contributed by atoms with E-state index in [-0.39, 0.29) is 42.4 Å². The number of carbonyl (C=O) groups is 4. The van der Waals surface area contributed by atoms with E-state index in [1.165, 1.54) is 120 Å². The predicted molar refractivity (Wildman–Crippen MR) is 295 cm³/mol. The molecule has 1 N–H and O–H groups in total. The van der Waals surface area contributed by atoms with Crippen LogP contribution in [0.2, 0.25) is 0 Å². The van der Waals surface area contributed by atoms with Gasteiger partial charge in [-0.15, -0.1) is 11.3 Å². The number of ketones is 1. The van der Waals surface area contributed by atoms with Crippen molar-refractivity contribution < 1.29 is 43.2 Å². The monoisotopic (exact) mass is 1010 g/mol. The Balaban J connectivity index is 1.82. The second-order valence-corrected chi connectivity index (χ2v) is 21.5. The van der Waals surface area contributed by atoms with E-state index < -0.39 is 5.97 Å². The summed E-state index contributed by atoms with van der Waals surface area (Å²) in [6, 6.07) is 5.57. The van der Waals surface area contributed by atoms with Crippen molar-refractivity contribution in [1.82, 2.24) is 4.90 Å². The number of methoxy groups -OCH3 is 2. The second kappa shape index (κ2) is 43.2. The van der Waals surface area contributed by atoms with Crippen LogP contribution in [-0.4, -0.2) is 80.8 Å². The number of fused-ring (bicyclic) bond motifs is 1. The summed E-state index contributed by atoms with van der Waals surface area (Å²) in [7, 11) is 3.17. The first-order chi connectivity index (χ1) is 34.7. The average molecular weight is 1010 g/mol. The molecule has 0 saturated carbocycles. The highest BCUT2D eigenvalue weighted by Crippen LogP contribution is 2.37. The standard InChI is InChI=1S/C60H103NO9S/c1-6-9-12-15-18-19-20-25-34-45-69-58(63)39-30-26-32-43-61(44-33-35-46-70-59(64)41-40-53(62)57-48-51-47-54(67-4)55(68-5)49-56(51)71-57)42-31-24-23-29-38-52(60(65)66)50(36-27-21-16-13-10-7-2)37-28-22-17-14-11-8-3/h47-50,52H,6-46H2,1-5H3,(H,65,66). The Bertz CT molecular complexity index is 1600. The number of aliphatic carboxylic acids is 1. The fourth-order valence-corrected chi connectivity index (χ4v) is 10.9. The molecule has 2 aromatic rings. The van der Waals surface area contributed by atoms with Crippen LogP contribution in [0.1, 0.15) is 262 Å². The van der Waals surface area contributed by atoms with E-state index >= 15 is 0 Å². The third-order valence-electron chi connectivity index (χ3n) is 14.3. The number of hydrogen-bond acceptors (Lipinski definition) is 10. The van der Waals surface area contributed by atoms with E-state index in [9.17, 15) is 24.3 Å². The first-order valence-corrected chi connectivity index (χ1v) is 29.9. The molecule has 1 atom stereocenters. The number of carboxylic acid groups (broad SMARTS) is 1. The number of rotatable bonds is 50. The topological polar surface area (TPSA) is 129 Å². The fraction of sp³-hybridized carbons (Fsp3) is 0.800. The highest BCUT2D eigenvalue weighted by Gasteiger charge is 2.27. The van der Waals surface area contributed by atoms with Gasteiger partial charge in [-0.2, -0.15) is 0 Å². The van der Waals surface area contributed by atoms with E-state index in [1.807, 2.05) is 18.2 Å². The van der Waals surface area contributed by atoms with E-state index in [0.29, 0.717) is 36.0 Å². The van der Waals surface area contributed by atoms with Gasteiger partial charge in [0.25, 0.3) is 0 Å². The van der Waals surface area contributed by atoms with Crippen molar-refractivity contribution in [3.63, 3.8) is 0 Å². The SMILES string of the molecule is CCCCCCCCCCCOC(=O)CCCCCN(CCCCCCC(C(=O)O)C(CCCCCCCC)CCCCCCCC)CCCCOC(=O)CCC(=O)c1cc2cc(OC)c(OC)cc2s1. The molecule has 0 amide bonds. The minimum Gasteiger partial charge on any atom is -0.493 e. The summed E-state index contributed by atoms with van der Waals surface area (Å²) >= 11 is 1.39. The smallest absolute Gasteiger partial charge is 0.306 e. The number of carbonyl (C=O) groups excluding carboxylic acids is 3. The van der Waals surface area contributed by atoms with Gasteiger partial charge in [0.05, 0.1) is 44.6 Å². The van der Waals surface area contributed by atoms with Gasteiger partial charge in [0.1, 0.15) is 0 Å². The number of carboxylic acids is 1. The normalized spacial score (nSPS) is 12.0. The van der Waals surface area contributed by atoms with Gasteiger partial charge < -0.3 is 29.0 Å². The molecule has 408 valence electrons. The van der Waals surface area contributed by atoms with Crippen LogP contribution in [0.15, 0.2) is 18.2 Å². The number of hydrogen-bond donors (Lipinski definition) is 1. The summed E-state index contributed by atoms with van der Waals surface area (Å²) in [4.78, 5) is 53.9. The summed E-state index contributed by atoms with van der Waals surface area (Å²) in [6.45, 7) is 10.4. The first-order valence-electron chi connectivity index (χ1n) is 29.1. The number of unbranched alkanes of at least 4 members (excludes halogenated alkanes) is 24. The molecule has 2 rings (SSSR count). The Morgan fingerprint density at radius 1 is 0.493 bits per heavy atom. The van der Waals surface area contributed by atoms with Crippen LogP contribution in [0.5, 0.6) is 11.5 Å². The van der Waals surface area contributed by atoms with Crippen molar-refractivity contribution in [2.45, 2.75) is 252 Å². The molecular formula is C60H103NO9S. The maximum Gasteiger partial charge on any atom is 0.306 e. The van der Waals surface area contributed by atoms with Crippen LogP contribution in [0.3, 0.4) is 0 Å². The third kappa shape index (κ3) is 31.2. The minimum absolute atomic E-state index is 0.0464. The van der Waals surface area contributed by atoms with Gasteiger partial charge in [0.2, 0.25) is 0 Å². The van der Waals surface area contributed by atoms with Crippen molar-refractivity contribution in [3.8, 4) is 11.5 Å². The Morgan fingerprint density at radius 2 is 0.915 bits per heavy atom. The Hall–Kier alpha value is -3.18. The molecule has 1 unspecified atom stereocenters. The quantitative estimate of drug-likeness (QED) is 0.0388. The fourth-order valence-electron chi connectivity index (χ4n) is 9.86. The van der Waals surface area contributed by atoms with Crippen molar-refractivity contribution in [1.29, 1.82) is 0 Å². The molecule has 0 spiro atoms. The van der Waals surface area contributed by atoms with Gasteiger partial charge >= 0.3 is 17.9 Å². The van der Waals surface area contributed by atoms with Gasteiger partial charge in [-0.25, -0.2) is 0 Å². The third-order valence-corrected chi connectivity index (χ3v) is 15.5. The van der Waals surface area contributed by atoms with Crippen molar-refractivity contribution in [2.24, 2.45) is 11.8 Å². The number of ether oxygens (including phenoxy) is 4. The van der Waals surface area contributed by atoms with E-state index in [0.717, 1.165) is 132 Å². The average Bonchev–Trinajstić information content (AvgIpc) is 3.79. The number of thiophene rings is 1. The zero-order chi connectivity index (χ0) is 51.6. The van der Waals surface area contributed by atoms with Gasteiger partial charge in [0, 0.05) is 23.6 Å². The van der Waals surface area contributed by atoms with Crippen LogP contribution in [0.25, 0.3) is 10.1 Å². The molecule has 0 fully saturated rings. The van der Waals surface area contributed by atoms with Crippen molar-refractivity contribution in [3.05, 3.63) is 23.1 Å². The maximum absolute atomic E-state index is 13.0. The van der Waals surface area contributed by atoms with Crippen LogP contribution in [-0.2, 0) is 23.9 Å². The lowest BCUT2D eigenvalue weighted by atomic mass is 9.80. The van der Waals surface area contributed by atoms with Gasteiger partial charge in [-0.1, -0.05) is 175 Å². The molecule has 0 radical (unpaired) electrons. The first kappa shape index (κ1) is 63.9. The number of benzene rings is 1. The maximum atomic E-state index is 13.0. The van der Waals surface area contributed by atoms with Crippen LogP contribution in [0, 0.1) is 11.8 Å². The molecule has 1 aromatic carbocycles. The van der Waals surface area contributed by atoms with E-state index in [1.54, 1.807) is 14.2 Å². The highest BCUT2D eigenvalue weighted by atomic mass is 32.1. The molecule has 11 heteroatoms. The lowest BCUT2D eigenvalue weighted by Gasteiger charge is -2.25. The van der Waals surface area contributed by atoms with Gasteiger partial charge in [-0.05, 0) is 101 Å². The summed E-state index contributed by atoms with van der Waals surface area (Å²) in [5.74, 6) is 0.149. The summed E-state index contributed by atoms with van der Waals surface area (Å²) < 4.78 is 22.9. The Kier molecular flexibility index (Phi) is 38.9. The van der Waals surface area contributed by atoms with E-state index in [2.05, 4.69) is 25.7 Å². The zero-order valence-electron chi connectivity index (χ0n) is 45.9. The number of nitrogens with zero attached hydrogens (tertiary/aromatic N) is 1. The summed E-state index contributed by atoms with van der Waals surface area (Å²) in [6.07, 6.45) is 38.2. The second-order valence-electron chi connectivity index (χ2n) is 20.4. The van der Waals surface area contributed by atoms with Crippen LogP contribution >= 0.6 is 11.3 Å². The zero-order valence-corrected chi connectivity index (χ0v) is 46.8. The summed E-state index contributed by atoms with van der Waals surface area (Å²) in [5.41, 5.74) is 0. The van der Waals surface area contributed by atoms with Crippen molar-refractivity contribution in [2.75, 3.05) is 47.1 Å². The molecule has 0 aliphatic carbocycles. The van der Waals surface area contributed by atoms with Crippen LogP contribution in [0.4, 0.5) is 0 Å². The molecule has 10 nitrogen and oxygen atoms in total. The Morgan fingerprint density at radius 3 is 1.44 bits per heavy atom. The molecule has 0 saturated heterocycles. The lowest BCUT2D eigenvalue weighted by Crippen LogP contribution is -2.27. The highest BCUT2D eigenvalue weighted by molar-refractivity contribution is 7.20. The molecule has 0 aliphatic rings. The van der Waals surface area contributed by atoms with Crippen LogP contribution < -0.4 is 9.47 Å². The molecule has 1 heterocycles. The molecule has 0 aliphatic heterocycles. The van der Waals surface area contributed by atoms with Gasteiger partial charge in [0.15, 0.2) is 17.3 Å². The minimum atomic E-state index is -0.597. The molecule has 71 heavy (non-hydrogen) atoms. The van der Waals surface area contributed by atoms with Crippen molar-refractivity contribution >= 4 is 45.1 Å².